The standard InChI is InChI=1S/C21H29N3O3S/c1-5-26-15-9-10-18-16(11-15)14(4)19(27-18)20(25)23-24-21(28)22-17-8-6-7-12(2)13(17)3/h9-13,17H,5-8H2,1-4H3,(H,23,25)(H2,22,24,28)/t12-,13+,17-/m1/s1. The number of hydrogen-bond acceptors (Lipinski definition) is 4. The first-order chi connectivity index (χ1) is 13.4. The number of thiocarbonyl (C=S) groups is 1. The molecular weight excluding hydrogens is 374 g/mol. The first-order valence-electron chi connectivity index (χ1n) is 9.93. The zero-order valence-corrected chi connectivity index (χ0v) is 17.7. The van der Waals surface area contributed by atoms with Crippen molar-refractivity contribution < 1.29 is 13.9 Å². The Kier molecular flexibility index (Phi) is 6.44. The maximum Gasteiger partial charge on any atom is 0.305 e. The number of carbonyl (C=O) groups is 1. The summed E-state index contributed by atoms with van der Waals surface area (Å²) >= 11 is 5.35. The van der Waals surface area contributed by atoms with Gasteiger partial charge in [-0.2, -0.15) is 0 Å². The molecule has 1 aromatic carbocycles. The van der Waals surface area contributed by atoms with E-state index in [1.54, 1.807) is 0 Å². The van der Waals surface area contributed by atoms with E-state index in [1.165, 1.54) is 12.8 Å². The lowest BCUT2D eigenvalue weighted by Gasteiger charge is -2.35. The van der Waals surface area contributed by atoms with Gasteiger partial charge in [0, 0.05) is 17.0 Å². The van der Waals surface area contributed by atoms with Crippen molar-refractivity contribution in [2.24, 2.45) is 11.8 Å². The summed E-state index contributed by atoms with van der Waals surface area (Å²) in [4.78, 5) is 12.6. The largest absolute Gasteiger partial charge is 0.494 e. The third-order valence-electron chi connectivity index (χ3n) is 5.74. The van der Waals surface area contributed by atoms with Crippen molar-refractivity contribution >= 4 is 34.2 Å². The van der Waals surface area contributed by atoms with Gasteiger partial charge in [0.05, 0.1) is 6.61 Å². The topological polar surface area (TPSA) is 75.5 Å². The summed E-state index contributed by atoms with van der Waals surface area (Å²) < 4.78 is 11.3. The summed E-state index contributed by atoms with van der Waals surface area (Å²) in [5.41, 5.74) is 6.86. The lowest BCUT2D eigenvalue weighted by molar-refractivity contribution is 0.0916. The van der Waals surface area contributed by atoms with Gasteiger partial charge in [-0.15, -0.1) is 0 Å². The Hall–Kier alpha value is -2.28. The average Bonchev–Trinajstić information content (AvgIpc) is 3.00. The van der Waals surface area contributed by atoms with Crippen LogP contribution in [0, 0.1) is 18.8 Å². The number of fused-ring (bicyclic) bond motifs is 1. The van der Waals surface area contributed by atoms with Gasteiger partial charge in [0.25, 0.3) is 0 Å². The molecule has 28 heavy (non-hydrogen) atoms. The van der Waals surface area contributed by atoms with Crippen LogP contribution in [0.15, 0.2) is 22.6 Å². The van der Waals surface area contributed by atoms with Crippen LogP contribution in [0.25, 0.3) is 11.0 Å². The van der Waals surface area contributed by atoms with Crippen molar-refractivity contribution in [3.63, 3.8) is 0 Å². The summed E-state index contributed by atoms with van der Waals surface area (Å²) in [6.07, 6.45) is 3.54. The van der Waals surface area contributed by atoms with Crippen molar-refractivity contribution in [2.45, 2.75) is 53.0 Å². The van der Waals surface area contributed by atoms with Crippen LogP contribution in [0.5, 0.6) is 5.75 Å². The van der Waals surface area contributed by atoms with Gasteiger partial charge in [-0.1, -0.05) is 26.7 Å². The van der Waals surface area contributed by atoms with Crippen molar-refractivity contribution in [1.82, 2.24) is 16.2 Å². The number of benzene rings is 1. The second kappa shape index (κ2) is 8.82. The van der Waals surface area contributed by atoms with Crippen LogP contribution >= 0.6 is 12.2 Å². The molecule has 0 unspecified atom stereocenters. The Morgan fingerprint density at radius 1 is 1.29 bits per heavy atom. The molecule has 0 spiro atoms. The number of hydrazine groups is 1. The minimum atomic E-state index is -0.360. The van der Waals surface area contributed by atoms with Gasteiger partial charge >= 0.3 is 5.91 Å². The highest BCUT2D eigenvalue weighted by atomic mass is 32.1. The lowest BCUT2D eigenvalue weighted by Crippen LogP contribution is -2.52. The quantitative estimate of drug-likeness (QED) is 0.528. The summed E-state index contributed by atoms with van der Waals surface area (Å²) in [6, 6.07) is 5.86. The molecule has 0 saturated heterocycles. The van der Waals surface area contributed by atoms with Crippen LogP contribution in [0.2, 0.25) is 0 Å². The molecular formula is C21H29N3O3S. The number of hydrogen-bond donors (Lipinski definition) is 3. The number of amides is 1. The molecule has 1 amide bonds. The second-order valence-electron chi connectivity index (χ2n) is 7.57. The zero-order valence-electron chi connectivity index (χ0n) is 16.9. The third-order valence-corrected chi connectivity index (χ3v) is 5.96. The Morgan fingerprint density at radius 2 is 2.07 bits per heavy atom. The number of carbonyl (C=O) groups excluding carboxylic acids is 1. The number of nitrogens with one attached hydrogen (secondary N) is 3. The Bertz CT molecular complexity index is 864. The first kappa shape index (κ1) is 20.5. The SMILES string of the molecule is CCOc1ccc2oc(C(=O)NNC(=S)N[C@@H]3CCC[C@@H](C)[C@@H]3C)c(C)c2c1. The van der Waals surface area contributed by atoms with Crippen molar-refractivity contribution in [2.75, 3.05) is 6.61 Å². The van der Waals surface area contributed by atoms with Gasteiger partial charge in [-0.3, -0.25) is 15.6 Å². The van der Waals surface area contributed by atoms with E-state index in [1.807, 2.05) is 32.0 Å². The minimum absolute atomic E-state index is 0.263. The molecule has 1 fully saturated rings. The highest BCUT2D eigenvalue weighted by Gasteiger charge is 2.27. The van der Waals surface area contributed by atoms with Crippen molar-refractivity contribution in [3.05, 3.63) is 29.5 Å². The van der Waals surface area contributed by atoms with Crippen LogP contribution in [0.3, 0.4) is 0 Å². The molecule has 0 radical (unpaired) electrons. The van der Waals surface area contributed by atoms with Gasteiger partial charge < -0.3 is 14.5 Å². The molecule has 152 valence electrons. The van der Waals surface area contributed by atoms with Crippen LogP contribution < -0.4 is 20.9 Å². The molecule has 1 saturated carbocycles. The number of furan rings is 1. The smallest absolute Gasteiger partial charge is 0.305 e. The Labute approximate surface area is 171 Å². The van der Waals surface area contributed by atoms with Crippen LogP contribution in [0.1, 0.15) is 56.2 Å². The van der Waals surface area contributed by atoms with Gasteiger partial charge in [0.15, 0.2) is 10.9 Å². The van der Waals surface area contributed by atoms with E-state index in [2.05, 4.69) is 30.0 Å². The van der Waals surface area contributed by atoms with E-state index in [4.69, 9.17) is 21.4 Å². The maximum atomic E-state index is 12.6. The zero-order chi connectivity index (χ0) is 20.3. The molecule has 3 rings (SSSR count). The summed E-state index contributed by atoms with van der Waals surface area (Å²) in [5, 5.41) is 4.61. The van der Waals surface area contributed by atoms with E-state index in [0.717, 1.165) is 23.1 Å². The van der Waals surface area contributed by atoms with Gasteiger partial charge in [-0.25, -0.2) is 0 Å². The minimum Gasteiger partial charge on any atom is -0.494 e. The van der Waals surface area contributed by atoms with Crippen LogP contribution in [0.4, 0.5) is 0 Å². The molecule has 6 nitrogen and oxygen atoms in total. The van der Waals surface area contributed by atoms with E-state index >= 15 is 0 Å². The molecule has 7 heteroatoms. The van der Waals surface area contributed by atoms with Crippen molar-refractivity contribution in [1.29, 1.82) is 0 Å². The monoisotopic (exact) mass is 403 g/mol. The van der Waals surface area contributed by atoms with E-state index in [0.29, 0.717) is 35.2 Å². The Balaban J connectivity index is 1.61. The fourth-order valence-corrected chi connectivity index (χ4v) is 4.04. The van der Waals surface area contributed by atoms with Gasteiger partial charge in [0.1, 0.15) is 11.3 Å². The van der Waals surface area contributed by atoms with E-state index in [-0.39, 0.29) is 11.7 Å². The molecule has 2 aromatic rings. The number of ether oxygens (including phenoxy) is 1. The predicted molar refractivity (Wildman–Crippen MR) is 114 cm³/mol. The van der Waals surface area contributed by atoms with Crippen molar-refractivity contribution in [3.8, 4) is 5.75 Å². The molecule has 0 aliphatic heterocycles. The molecule has 1 aromatic heterocycles. The number of aryl methyl sites for hydroxylation is 1. The number of rotatable bonds is 4. The summed E-state index contributed by atoms with van der Waals surface area (Å²) in [7, 11) is 0. The summed E-state index contributed by atoms with van der Waals surface area (Å²) in [6.45, 7) is 8.90. The normalized spacial score (nSPS) is 21.9. The molecule has 3 N–H and O–H groups in total. The van der Waals surface area contributed by atoms with Gasteiger partial charge in [-0.05, 0) is 62.5 Å². The fraction of sp³-hybridized carbons (Fsp3) is 0.524. The molecule has 1 aliphatic rings. The third kappa shape index (κ3) is 4.41. The first-order valence-corrected chi connectivity index (χ1v) is 10.3. The maximum absolute atomic E-state index is 12.6. The van der Waals surface area contributed by atoms with Crippen LogP contribution in [-0.2, 0) is 0 Å². The molecule has 3 atom stereocenters. The second-order valence-corrected chi connectivity index (χ2v) is 7.98. The summed E-state index contributed by atoms with van der Waals surface area (Å²) in [5.74, 6) is 1.87. The molecule has 1 heterocycles. The fourth-order valence-electron chi connectivity index (χ4n) is 3.83. The highest BCUT2D eigenvalue weighted by molar-refractivity contribution is 7.80. The highest BCUT2D eigenvalue weighted by Crippen LogP contribution is 2.30. The van der Waals surface area contributed by atoms with E-state index < -0.39 is 0 Å². The average molecular weight is 404 g/mol. The van der Waals surface area contributed by atoms with Crippen LogP contribution in [-0.4, -0.2) is 23.7 Å². The lowest BCUT2D eigenvalue weighted by atomic mass is 9.78. The molecule has 1 aliphatic carbocycles. The molecule has 0 bridgehead atoms. The Morgan fingerprint density at radius 3 is 2.82 bits per heavy atom. The van der Waals surface area contributed by atoms with E-state index in [9.17, 15) is 4.79 Å². The van der Waals surface area contributed by atoms with Gasteiger partial charge in [0.2, 0.25) is 0 Å². The predicted octanol–water partition coefficient (Wildman–Crippen LogP) is 4.07.